The second-order valence-corrected chi connectivity index (χ2v) is 3.59. The molecule has 4 nitrogen and oxygen atoms in total. The van der Waals surface area contributed by atoms with Crippen molar-refractivity contribution in [1.82, 2.24) is 0 Å². The molecule has 0 aromatic heterocycles. The topological polar surface area (TPSA) is 55.2 Å². The van der Waals surface area contributed by atoms with E-state index in [1.807, 2.05) is 6.07 Å². The fourth-order valence-electron chi connectivity index (χ4n) is 1.68. The summed E-state index contributed by atoms with van der Waals surface area (Å²) in [5.41, 5.74) is 0.948. The zero-order valence-electron chi connectivity index (χ0n) is 8.22. The van der Waals surface area contributed by atoms with Crippen molar-refractivity contribution >= 4 is 11.4 Å². The minimum atomic E-state index is -0.377. The summed E-state index contributed by atoms with van der Waals surface area (Å²) in [6.07, 6.45) is 6.22. The fraction of sp³-hybridized carbons (Fsp3) is 0.273. The summed E-state index contributed by atoms with van der Waals surface area (Å²) < 4.78 is 0. The van der Waals surface area contributed by atoms with Gasteiger partial charge in [-0.25, -0.2) is 0 Å². The number of nitrogens with zero attached hydrogens (tertiary/aromatic N) is 1. The fourth-order valence-corrected chi connectivity index (χ4v) is 1.68. The van der Waals surface area contributed by atoms with Gasteiger partial charge < -0.3 is 5.32 Å². The first-order chi connectivity index (χ1) is 7.25. The maximum atomic E-state index is 10.6. The Balaban J connectivity index is 2.07. The van der Waals surface area contributed by atoms with E-state index in [1.54, 1.807) is 12.1 Å². The van der Waals surface area contributed by atoms with Crippen molar-refractivity contribution in [2.24, 2.45) is 0 Å². The van der Waals surface area contributed by atoms with Gasteiger partial charge in [0.05, 0.1) is 4.92 Å². The minimum Gasteiger partial charge on any atom is -0.381 e. The third-order valence-electron chi connectivity index (χ3n) is 2.44. The lowest BCUT2D eigenvalue weighted by atomic mass is 10.2. The quantitative estimate of drug-likeness (QED) is 0.468. The molecular formula is C11H12N2O2. The SMILES string of the molecule is O=[N+]([O-])c1cccc(NC2CC=CC2)c1. The van der Waals surface area contributed by atoms with Gasteiger partial charge in [0.15, 0.2) is 0 Å². The van der Waals surface area contributed by atoms with Crippen LogP contribution in [-0.2, 0) is 0 Å². The molecule has 0 fully saturated rings. The molecule has 0 bridgehead atoms. The molecule has 0 saturated carbocycles. The summed E-state index contributed by atoms with van der Waals surface area (Å²) in [6.45, 7) is 0. The van der Waals surface area contributed by atoms with Crippen LogP contribution in [0.5, 0.6) is 0 Å². The van der Waals surface area contributed by atoms with Crippen LogP contribution in [0.1, 0.15) is 12.8 Å². The van der Waals surface area contributed by atoms with Crippen molar-refractivity contribution in [3.05, 3.63) is 46.5 Å². The third-order valence-corrected chi connectivity index (χ3v) is 2.44. The lowest BCUT2D eigenvalue weighted by Gasteiger charge is -2.12. The summed E-state index contributed by atoms with van der Waals surface area (Å²) >= 11 is 0. The van der Waals surface area contributed by atoms with Crippen molar-refractivity contribution in [3.63, 3.8) is 0 Å². The first-order valence-electron chi connectivity index (χ1n) is 4.92. The average Bonchev–Trinajstić information content (AvgIpc) is 2.71. The molecule has 0 saturated heterocycles. The van der Waals surface area contributed by atoms with Gasteiger partial charge in [-0.1, -0.05) is 18.2 Å². The Morgan fingerprint density at radius 2 is 2.07 bits per heavy atom. The van der Waals surface area contributed by atoms with Crippen LogP contribution in [0.4, 0.5) is 11.4 Å². The summed E-state index contributed by atoms with van der Waals surface area (Å²) in [6, 6.07) is 7.00. The molecule has 0 radical (unpaired) electrons. The van der Waals surface area contributed by atoms with Crippen LogP contribution in [0, 0.1) is 10.1 Å². The highest BCUT2D eigenvalue weighted by Crippen LogP contribution is 2.20. The first-order valence-corrected chi connectivity index (χ1v) is 4.92. The number of non-ortho nitro benzene ring substituents is 1. The van der Waals surface area contributed by atoms with Gasteiger partial charge >= 0.3 is 0 Å². The van der Waals surface area contributed by atoms with Gasteiger partial charge in [0.1, 0.15) is 0 Å². The largest absolute Gasteiger partial charge is 0.381 e. The lowest BCUT2D eigenvalue weighted by Crippen LogP contribution is -2.14. The predicted molar refractivity (Wildman–Crippen MR) is 58.9 cm³/mol. The molecule has 1 aromatic carbocycles. The standard InChI is InChI=1S/C11H12N2O2/c14-13(15)11-7-3-6-10(8-11)12-9-4-1-2-5-9/h1-3,6-9,12H,4-5H2. The number of nitro benzene ring substituents is 1. The Kier molecular flexibility index (Phi) is 2.67. The number of anilines is 1. The van der Waals surface area contributed by atoms with E-state index in [9.17, 15) is 10.1 Å². The van der Waals surface area contributed by atoms with E-state index in [0.717, 1.165) is 18.5 Å². The molecule has 0 heterocycles. The van der Waals surface area contributed by atoms with E-state index >= 15 is 0 Å². The van der Waals surface area contributed by atoms with Crippen LogP contribution in [0.2, 0.25) is 0 Å². The van der Waals surface area contributed by atoms with Crippen molar-refractivity contribution in [2.45, 2.75) is 18.9 Å². The molecule has 0 amide bonds. The molecule has 0 aliphatic heterocycles. The Labute approximate surface area is 87.8 Å². The van der Waals surface area contributed by atoms with Gasteiger partial charge in [-0.3, -0.25) is 10.1 Å². The molecule has 15 heavy (non-hydrogen) atoms. The lowest BCUT2D eigenvalue weighted by molar-refractivity contribution is -0.384. The molecule has 1 aliphatic rings. The molecule has 1 aliphatic carbocycles. The van der Waals surface area contributed by atoms with Crippen molar-refractivity contribution in [1.29, 1.82) is 0 Å². The highest BCUT2D eigenvalue weighted by molar-refractivity contribution is 5.51. The van der Waals surface area contributed by atoms with Crippen LogP contribution in [0.15, 0.2) is 36.4 Å². The van der Waals surface area contributed by atoms with E-state index < -0.39 is 0 Å². The van der Waals surface area contributed by atoms with Crippen molar-refractivity contribution in [2.75, 3.05) is 5.32 Å². The molecule has 1 N–H and O–H groups in total. The number of hydrogen-bond donors (Lipinski definition) is 1. The Morgan fingerprint density at radius 3 is 2.73 bits per heavy atom. The molecule has 2 rings (SSSR count). The molecule has 0 unspecified atom stereocenters. The average molecular weight is 204 g/mol. The van der Waals surface area contributed by atoms with Gasteiger partial charge in [0.2, 0.25) is 0 Å². The van der Waals surface area contributed by atoms with E-state index in [0.29, 0.717) is 6.04 Å². The summed E-state index contributed by atoms with van der Waals surface area (Å²) in [7, 11) is 0. The van der Waals surface area contributed by atoms with E-state index in [1.165, 1.54) is 6.07 Å². The predicted octanol–water partition coefficient (Wildman–Crippen LogP) is 2.73. The third kappa shape index (κ3) is 2.34. The van der Waals surface area contributed by atoms with Gasteiger partial charge in [-0.05, 0) is 18.9 Å². The maximum absolute atomic E-state index is 10.6. The number of rotatable bonds is 3. The molecule has 1 aromatic rings. The summed E-state index contributed by atoms with van der Waals surface area (Å²) in [4.78, 5) is 10.2. The Hall–Kier alpha value is -1.84. The van der Waals surface area contributed by atoms with Gasteiger partial charge in [0, 0.05) is 23.9 Å². The highest BCUT2D eigenvalue weighted by Gasteiger charge is 2.11. The van der Waals surface area contributed by atoms with Crippen molar-refractivity contribution in [3.8, 4) is 0 Å². The molecule has 4 heteroatoms. The van der Waals surface area contributed by atoms with E-state index in [2.05, 4.69) is 17.5 Å². The molecule has 0 atom stereocenters. The van der Waals surface area contributed by atoms with Crippen molar-refractivity contribution < 1.29 is 4.92 Å². The smallest absolute Gasteiger partial charge is 0.271 e. The van der Waals surface area contributed by atoms with Crippen LogP contribution in [0.3, 0.4) is 0 Å². The maximum Gasteiger partial charge on any atom is 0.271 e. The molecular weight excluding hydrogens is 192 g/mol. The van der Waals surface area contributed by atoms with Gasteiger partial charge in [-0.15, -0.1) is 0 Å². The van der Waals surface area contributed by atoms with Crippen LogP contribution in [-0.4, -0.2) is 11.0 Å². The monoisotopic (exact) mass is 204 g/mol. The normalized spacial score (nSPS) is 15.5. The highest BCUT2D eigenvalue weighted by atomic mass is 16.6. The Bertz CT molecular complexity index is 393. The van der Waals surface area contributed by atoms with Crippen LogP contribution < -0.4 is 5.32 Å². The second kappa shape index (κ2) is 4.13. The van der Waals surface area contributed by atoms with Gasteiger partial charge in [-0.2, -0.15) is 0 Å². The summed E-state index contributed by atoms with van der Waals surface area (Å²) in [5.74, 6) is 0. The number of nitro groups is 1. The van der Waals surface area contributed by atoms with E-state index in [-0.39, 0.29) is 10.6 Å². The zero-order valence-corrected chi connectivity index (χ0v) is 8.22. The first kappa shape index (κ1) is 9.71. The number of benzene rings is 1. The van der Waals surface area contributed by atoms with E-state index in [4.69, 9.17) is 0 Å². The molecule has 0 spiro atoms. The van der Waals surface area contributed by atoms with Gasteiger partial charge in [0.25, 0.3) is 5.69 Å². The Morgan fingerprint density at radius 1 is 1.33 bits per heavy atom. The van der Waals surface area contributed by atoms with Crippen LogP contribution in [0.25, 0.3) is 0 Å². The molecule has 78 valence electrons. The zero-order chi connectivity index (χ0) is 10.7. The summed E-state index contributed by atoms with van der Waals surface area (Å²) in [5, 5.41) is 13.8. The number of nitrogens with one attached hydrogen (secondary N) is 1. The van der Waals surface area contributed by atoms with Crippen LogP contribution >= 0.6 is 0 Å². The second-order valence-electron chi connectivity index (χ2n) is 3.59. The minimum absolute atomic E-state index is 0.131. The number of hydrogen-bond acceptors (Lipinski definition) is 3.